The maximum atomic E-state index is 3.79. The Morgan fingerprint density at radius 1 is 0.500 bits per heavy atom. The molecular weight excluding hydrogens is 502 g/mol. The fraction of sp³-hybridized carbons (Fsp3) is 0.176. The first-order valence-corrected chi connectivity index (χ1v) is 13.5. The molecule has 1 nitrogen and oxygen atoms in total. The van der Waals surface area contributed by atoms with E-state index in [-0.39, 0.29) is 10.8 Å². The molecule has 1 heterocycles. The van der Waals surface area contributed by atoms with Gasteiger partial charge in [0.05, 0.1) is 17.1 Å². The zero-order chi connectivity index (χ0) is 24.8. The van der Waals surface area contributed by atoms with E-state index in [1.165, 1.54) is 61.2 Å². The summed E-state index contributed by atoms with van der Waals surface area (Å²) in [6, 6.07) is 36.0. The van der Waals surface area contributed by atoms with E-state index in [4.69, 9.17) is 0 Å². The molecule has 176 valence electrons. The second kappa shape index (κ2) is 7.33. The van der Waals surface area contributed by atoms with Crippen LogP contribution in [-0.4, -0.2) is 0 Å². The molecule has 0 N–H and O–H groups in total. The van der Waals surface area contributed by atoms with Gasteiger partial charge < -0.3 is 4.90 Å². The number of hydrogen-bond acceptors (Lipinski definition) is 1. The minimum Gasteiger partial charge on any atom is -0.309 e. The summed E-state index contributed by atoms with van der Waals surface area (Å²) in [6.45, 7) is 9.48. The molecule has 2 heteroatoms. The highest BCUT2D eigenvalue weighted by atomic mass is 79.9. The number of rotatable bonds is 1. The van der Waals surface area contributed by atoms with Crippen LogP contribution >= 0.6 is 15.9 Å². The fourth-order valence-electron chi connectivity index (χ4n) is 6.60. The van der Waals surface area contributed by atoms with Crippen molar-refractivity contribution >= 4 is 43.8 Å². The van der Waals surface area contributed by atoms with Crippen LogP contribution in [-0.2, 0) is 10.8 Å². The maximum Gasteiger partial charge on any atom is 0.0540 e. The molecule has 0 saturated carbocycles. The normalized spacial score (nSPS) is 16.3. The Morgan fingerprint density at radius 3 is 1.97 bits per heavy atom. The smallest absolute Gasteiger partial charge is 0.0540 e. The van der Waals surface area contributed by atoms with Gasteiger partial charge in [-0.2, -0.15) is 0 Å². The van der Waals surface area contributed by atoms with Gasteiger partial charge in [0.25, 0.3) is 0 Å². The molecule has 36 heavy (non-hydrogen) atoms. The number of fused-ring (bicyclic) bond motifs is 6. The number of hydrogen-bond donors (Lipinski definition) is 0. The van der Waals surface area contributed by atoms with E-state index in [9.17, 15) is 0 Å². The van der Waals surface area contributed by atoms with Crippen molar-refractivity contribution < 1.29 is 0 Å². The number of nitrogens with zero attached hydrogens (tertiary/aromatic N) is 1. The number of anilines is 3. The van der Waals surface area contributed by atoms with Crippen molar-refractivity contribution in [2.75, 3.05) is 4.90 Å². The van der Waals surface area contributed by atoms with Crippen molar-refractivity contribution in [3.8, 4) is 11.1 Å². The van der Waals surface area contributed by atoms with Crippen LogP contribution in [0.5, 0.6) is 0 Å². The van der Waals surface area contributed by atoms with Crippen molar-refractivity contribution in [1.29, 1.82) is 0 Å². The van der Waals surface area contributed by atoms with E-state index in [0.29, 0.717) is 0 Å². The topological polar surface area (TPSA) is 3.24 Å². The third-order valence-corrected chi connectivity index (χ3v) is 9.21. The Hall–Kier alpha value is -3.36. The fourth-order valence-corrected chi connectivity index (χ4v) is 7.10. The quantitative estimate of drug-likeness (QED) is 0.208. The van der Waals surface area contributed by atoms with Crippen LogP contribution < -0.4 is 4.90 Å². The number of halogens is 1. The van der Waals surface area contributed by atoms with Crippen molar-refractivity contribution in [3.63, 3.8) is 0 Å². The van der Waals surface area contributed by atoms with Crippen LogP contribution in [0.2, 0.25) is 0 Å². The SMILES string of the molecule is CC1(C)c2ccccc2-c2cc3c(cc21)N(c1cccc2c(Br)cccc12)c1ccccc1C3(C)C. The van der Waals surface area contributed by atoms with Crippen molar-refractivity contribution in [2.45, 2.75) is 38.5 Å². The molecule has 0 saturated heterocycles. The zero-order valence-corrected chi connectivity index (χ0v) is 22.6. The van der Waals surface area contributed by atoms with E-state index in [1.54, 1.807) is 0 Å². The molecule has 0 spiro atoms. The summed E-state index contributed by atoms with van der Waals surface area (Å²) in [5.41, 5.74) is 11.9. The van der Waals surface area contributed by atoms with Gasteiger partial charge in [0.2, 0.25) is 0 Å². The molecule has 2 aliphatic rings. The zero-order valence-electron chi connectivity index (χ0n) is 21.1. The van der Waals surface area contributed by atoms with Gasteiger partial charge >= 0.3 is 0 Å². The largest absolute Gasteiger partial charge is 0.309 e. The van der Waals surface area contributed by atoms with Crippen molar-refractivity contribution in [1.82, 2.24) is 0 Å². The van der Waals surface area contributed by atoms with E-state index in [2.05, 4.69) is 146 Å². The molecule has 5 aromatic carbocycles. The molecule has 0 aromatic heterocycles. The molecule has 5 aromatic rings. The van der Waals surface area contributed by atoms with E-state index in [1.807, 2.05) is 0 Å². The lowest BCUT2D eigenvalue weighted by Crippen LogP contribution is -2.31. The van der Waals surface area contributed by atoms with Gasteiger partial charge in [-0.25, -0.2) is 0 Å². The maximum absolute atomic E-state index is 3.79. The highest BCUT2D eigenvalue weighted by Gasteiger charge is 2.42. The van der Waals surface area contributed by atoms with E-state index >= 15 is 0 Å². The minimum atomic E-state index is -0.121. The Bertz CT molecular complexity index is 1710. The lowest BCUT2D eigenvalue weighted by atomic mass is 9.71. The molecule has 0 radical (unpaired) electrons. The third kappa shape index (κ3) is 2.77. The molecule has 0 unspecified atom stereocenters. The van der Waals surface area contributed by atoms with Crippen LogP contribution in [0, 0.1) is 0 Å². The van der Waals surface area contributed by atoms with Crippen LogP contribution in [0.25, 0.3) is 21.9 Å². The van der Waals surface area contributed by atoms with Crippen LogP contribution in [0.1, 0.15) is 49.9 Å². The summed E-state index contributed by atoms with van der Waals surface area (Å²) in [5, 5.41) is 2.48. The summed E-state index contributed by atoms with van der Waals surface area (Å²) in [4.78, 5) is 2.50. The Balaban J connectivity index is 1.59. The molecule has 0 bridgehead atoms. The van der Waals surface area contributed by atoms with Crippen molar-refractivity contribution in [2.24, 2.45) is 0 Å². The monoisotopic (exact) mass is 529 g/mol. The van der Waals surface area contributed by atoms with E-state index in [0.717, 1.165) is 4.47 Å². The number of para-hydroxylation sites is 1. The van der Waals surface area contributed by atoms with Gasteiger partial charge in [0.15, 0.2) is 0 Å². The summed E-state index contributed by atoms with van der Waals surface area (Å²) in [7, 11) is 0. The standard InChI is InChI=1S/C34H28BrN/c1-33(2)25-14-6-5-11-21(25)24-19-28-32(20-27(24)33)36(31-17-8-7-15-26(31)34(28,3)4)30-18-10-12-22-23(30)13-9-16-29(22)35/h5-20H,1-4H3. The Kier molecular flexibility index (Phi) is 4.46. The van der Waals surface area contributed by atoms with Crippen molar-refractivity contribution in [3.05, 3.63) is 124 Å². The van der Waals surface area contributed by atoms with Gasteiger partial charge in [-0.15, -0.1) is 0 Å². The first-order chi connectivity index (χ1) is 17.3. The summed E-state index contributed by atoms with van der Waals surface area (Å²) in [5.74, 6) is 0. The average molecular weight is 531 g/mol. The summed E-state index contributed by atoms with van der Waals surface area (Å²) < 4.78 is 1.12. The molecular formula is C34H28BrN. The summed E-state index contributed by atoms with van der Waals surface area (Å²) >= 11 is 3.79. The first kappa shape index (κ1) is 21.9. The Morgan fingerprint density at radius 2 is 1.14 bits per heavy atom. The number of benzene rings is 5. The second-order valence-corrected chi connectivity index (χ2v) is 12.0. The third-order valence-electron chi connectivity index (χ3n) is 8.52. The molecule has 0 amide bonds. The van der Waals surface area contributed by atoms with Crippen LogP contribution in [0.4, 0.5) is 17.1 Å². The first-order valence-electron chi connectivity index (χ1n) is 12.7. The van der Waals surface area contributed by atoms with Gasteiger partial charge in [-0.3, -0.25) is 0 Å². The molecule has 7 rings (SSSR count). The van der Waals surface area contributed by atoms with Gasteiger partial charge in [0, 0.05) is 20.7 Å². The molecule has 0 fully saturated rings. The van der Waals surface area contributed by atoms with Gasteiger partial charge in [0.1, 0.15) is 0 Å². The lowest BCUT2D eigenvalue weighted by molar-refractivity contribution is 0.627. The highest BCUT2D eigenvalue weighted by Crippen LogP contribution is 2.57. The predicted molar refractivity (Wildman–Crippen MR) is 156 cm³/mol. The van der Waals surface area contributed by atoms with Crippen LogP contribution in [0.15, 0.2) is 102 Å². The lowest BCUT2D eigenvalue weighted by Gasteiger charge is -2.43. The minimum absolute atomic E-state index is 0.0461. The molecule has 1 aliphatic heterocycles. The van der Waals surface area contributed by atoms with Gasteiger partial charge in [-0.05, 0) is 69.1 Å². The second-order valence-electron chi connectivity index (χ2n) is 11.2. The molecule has 0 atom stereocenters. The van der Waals surface area contributed by atoms with E-state index < -0.39 is 0 Å². The van der Waals surface area contributed by atoms with Gasteiger partial charge in [-0.1, -0.05) is 110 Å². The Labute approximate surface area is 221 Å². The highest BCUT2D eigenvalue weighted by molar-refractivity contribution is 9.10. The summed E-state index contributed by atoms with van der Waals surface area (Å²) in [6.07, 6.45) is 0. The predicted octanol–water partition coefficient (Wildman–Crippen LogP) is 10.0. The molecule has 1 aliphatic carbocycles. The average Bonchev–Trinajstić information content (AvgIpc) is 3.10. The van der Waals surface area contributed by atoms with Crippen LogP contribution in [0.3, 0.4) is 0 Å².